The minimum absolute atomic E-state index is 0.205. The summed E-state index contributed by atoms with van der Waals surface area (Å²) in [5.41, 5.74) is -0.538. The topological polar surface area (TPSA) is 57.5 Å². The van der Waals surface area contributed by atoms with Gasteiger partial charge in [0, 0.05) is 6.42 Å². The molecule has 4 aliphatic rings. The van der Waals surface area contributed by atoms with Gasteiger partial charge in [0.15, 0.2) is 5.78 Å². The number of hydrogen-bond acceptors (Lipinski definition) is 3. The highest BCUT2D eigenvalue weighted by Crippen LogP contribution is 2.68. The van der Waals surface area contributed by atoms with Crippen molar-refractivity contribution in [2.75, 3.05) is 6.61 Å². The highest BCUT2D eigenvalue weighted by atomic mass is 16.3. The lowest BCUT2D eigenvalue weighted by atomic mass is 9.44. The Hall–Kier alpha value is -0.410. The number of hydrogen-bond donors (Lipinski definition) is 2. The summed E-state index contributed by atoms with van der Waals surface area (Å²) < 4.78 is 0. The lowest BCUT2D eigenvalue weighted by molar-refractivity contribution is -0.140. The predicted octanol–water partition coefficient (Wildman–Crippen LogP) is 5.76. The molecule has 2 N–H and O–H groups in total. The van der Waals surface area contributed by atoms with Crippen LogP contribution < -0.4 is 0 Å². The number of aliphatic hydroxyl groups is 2. The molecule has 0 radical (unpaired) electrons. The van der Waals surface area contributed by atoms with Crippen molar-refractivity contribution in [1.82, 2.24) is 0 Å². The van der Waals surface area contributed by atoms with Crippen molar-refractivity contribution in [3.63, 3.8) is 0 Å². The quantitative estimate of drug-likeness (QED) is 0.576. The Balaban J connectivity index is 1.44. The number of carbonyl (C=O) groups excluding carboxylic acids is 1. The molecule has 0 aromatic carbocycles. The van der Waals surface area contributed by atoms with Gasteiger partial charge in [-0.25, -0.2) is 0 Å². The standard InChI is InChI=1S/C27H46O3/c1-18(8-13-24(29)27(4,30)17-28)21-11-12-22-20-10-9-19-7-5-6-15-25(19,2)23(20)14-16-26(21,22)3/h18-23,28,30H,5-17H2,1-4H3/t18-,19?,20+,21-,22+,23+,25+,26-,27?/m1/s1. The Bertz CT molecular complexity index is 642. The zero-order valence-corrected chi connectivity index (χ0v) is 20.0. The van der Waals surface area contributed by atoms with Crippen LogP contribution in [0.15, 0.2) is 0 Å². The van der Waals surface area contributed by atoms with Crippen LogP contribution in [0.4, 0.5) is 0 Å². The Morgan fingerprint density at radius 2 is 1.73 bits per heavy atom. The molecule has 4 fully saturated rings. The maximum atomic E-state index is 12.3. The van der Waals surface area contributed by atoms with Crippen molar-refractivity contribution in [2.45, 2.75) is 110 Å². The van der Waals surface area contributed by atoms with Gasteiger partial charge in [0.25, 0.3) is 0 Å². The van der Waals surface area contributed by atoms with Crippen LogP contribution in [-0.2, 0) is 4.79 Å². The molecule has 4 saturated carbocycles. The van der Waals surface area contributed by atoms with E-state index in [0.717, 1.165) is 30.1 Å². The fourth-order valence-corrected chi connectivity index (χ4v) is 9.19. The second kappa shape index (κ2) is 8.18. The average molecular weight is 419 g/mol. The van der Waals surface area contributed by atoms with E-state index in [1.807, 2.05) is 0 Å². The fraction of sp³-hybridized carbons (Fsp3) is 0.963. The molecule has 3 heteroatoms. The molecule has 0 aliphatic heterocycles. The first kappa shape index (κ1) is 22.8. The smallest absolute Gasteiger partial charge is 0.166 e. The minimum Gasteiger partial charge on any atom is -0.393 e. The lowest BCUT2D eigenvalue weighted by Gasteiger charge is -2.61. The van der Waals surface area contributed by atoms with Gasteiger partial charge in [0.2, 0.25) is 0 Å². The highest BCUT2D eigenvalue weighted by molar-refractivity contribution is 5.86. The van der Waals surface area contributed by atoms with E-state index in [2.05, 4.69) is 20.8 Å². The number of Topliss-reactive ketones (excluding diaryl/α,β-unsaturated/α-hetero) is 1. The normalized spacial score (nSPS) is 46.3. The van der Waals surface area contributed by atoms with Crippen LogP contribution in [0.25, 0.3) is 0 Å². The zero-order valence-electron chi connectivity index (χ0n) is 20.0. The van der Waals surface area contributed by atoms with E-state index in [1.165, 1.54) is 71.1 Å². The number of ketones is 1. The summed E-state index contributed by atoms with van der Waals surface area (Å²) in [6.45, 7) is 8.54. The molecule has 0 aromatic heterocycles. The van der Waals surface area contributed by atoms with E-state index in [-0.39, 0.29) is 5.78 Å². The van der Waals surface area contributed by atoms with Crippen molar-refractivity contribution in [3.05, 3.63) is 0 Å². The van der Waals surface area contributed by atoms with Gasteiger partial charge in [-0.15, -0.1) is 0 Å². The second-order valence-electron chi connectivity index (χ2n) is 12.5. The molecule has 2 unspecified atom stereocenters. The molecule has 0 spiro atoms. The number of fused-ring (bicyclic) bond motifs is 5. The average Bonchev–Trinajstić information content (AvgIpc) is 3.08. The molecule has 4 rings (SSSR count). The van der Waals surface area contributed by atoms with E-state index < -0.39 is 12.2 Å². The Morgan fingerprint density at radius 3 is 2.47 bits per heavy atom. The van der Waals surface area contributed by atoms with Gasteiger partial charge in [0.1, 0.15) is 5.60 Å². The third-order valence-electron chi connectivity index (χ3n) is 11.1. The van der Waals surface area contributed by atoms with Crippen LogP contribution in [-0.4, -0.2) is 28.2 Å². The maximum absolute atomic E-state index is 12.3. The Morgan fingerprint density at radius 1 is 1.00 bits per heavy atom. The van der Waals surface area contributed by atoms with Gasteiger partial charge < -0.3 is 10.2 Å². The number of aliphatic hydroxyl groups excluding tert-OH is 1. The molecular formula is C27H46O3. The largest absolute Gasteiger partial charge is 0.393 e. The molecular weight excluding hydrogens is 372 g/mol. The van der Waals surface area contributed by atoms with Gasteiger partial charge in [-0.2, -0.15) is 0 Å². The van der Waals surface area contributed by atoms with Gasteiger partial charge in [-0.1, -0.05) is 33.6 Å². The monoisotopic (exact) mass is 418 g/mol. The molecule has 172 valence electrons. The van der Waals surface area contributed by atoms with Crippen LogP contribution in [0.2, 0.25) is 0 Å². The predicted molar refractivity (Wildman–Crippen MR) is 121 cm³/mol. The van der Waals surface area contributed by atoms with E-state index in [4.69, 9.17) is 0 Å². The van der Waals surface area contributed by atoms with Crippen LogP contribution in [0.3, 0.4) is 0 Å². The third kappa shape index (κ3) is 3.60. The molecule has 0 bridgehead atoms. The SMILES string of the molecule is C[C@H](CCC(=O)C(C)(O)CO)[C@H]1CC[C@H]2[C@@H]3CCC4CCCC[C@]4(C)[C@H]3CC[C@]12C. The summed E-state index contributed by atoms with van der Waals surface area (Å²) in [6, 6.07) is 0. The molecule has 0 heterocycles. The Kier molecular flexibility index (Phi) is 6.21. The van der Waals surface area contributed by atoms with Gasteiger partial charge in [0.05, 0.1) is 6.61 Å². The van der Waals surface area contributed by atoms with E-state index in [9.17, 15) is 15.0 Å². The van der Waals surface area contributed by atoms with Crippen molar-refractivity contribution in [3.8, 4) is 0 Å². The summed E-state index contributed by atoms with van der Waals surface area (Å²) >= 11 is 0. The molecule has 0 amide bonds. The summed E-state index contributed by atoms with van der Waals surface area (Å²) in [4.78, 5) is 12.3. The van der Waals surface area contributed by atoms with Crippen LogP contribution in [0, 0.1) is 46.3 Å². The first-order chi connectivity index (χ1) is 14.1. The Labute approximate surface area is 184 Å². The maximum Gasteiger partial charge on any atom is 0.166 e. The van der Waals surface area contributed by atoms with Crippen LogP contribution in [0.5, 0.6) is 0 Å². The van der Waals surface area contributed by atoms with E-state index in [0.29, 0.717) is 29.1 Å². The lowest BCUT2D eigenvalue weighted by Crippen LogP contribution is -2.53. The number of rotatable bonds is 6. The molecule has 3 nitrogen and oxygen atoms in total. The summed E-state index contributed by atoms with van der Waals surface area (Å²) in [6.07, 6.45) is 15.5. The van der Waals surface area contributed by atoms with Crippen LogP contribution >= 0.6 is 0 Å². The zero-order chi connectivity index (χ0) is 21.7. The van der Waals surface area contributed by atoms with Gasteiger partial charge >= 0.3 is 0 Å². The van der Waals surface area contributed by atoms with Crippen molar-refractivity contribution >= 4 is 5.78 Å². The van der Waals surface area contributed by atoms with Crippen molar-refractivity contribution < 1.29 is 15.0 Å². The van der Waals surface area contributed by atoms with Crippen molar-refractivity contribution in [1.29, 1.82) is 0 Å². The first-order valence-electron chi connectivity index (χ1n) is 13.0. The molecule has 4 aliphatic carbocycles. The fourth-order valence-electron chi connectivity index (χ4n) is 9.19. The molecule has 0 saturated heterocycles. The highest BCUT2D eigenvalue weighted by Gasteiger charge is 2.60. The summed E-state index contributed by atoms with van der Waals surface area (Å²) in [5, 5.41) is 19.3. The number of carbonyl (C=O) groups is 1. The van der Waals surface area contributed by atoms with E-state index >= 15 is 0 Å². The van der Waals surface area contributed by atoms with Gasteiger partial charge in [-0.05, 0) is 111 Å². The molecule has 9 atom stereocenters. The van der Waals surface area contributed by atoms with Gasteiger partial charge in [-0.3, -0.25) is 4.79 Å². The third-order valence-corrected chi connectivity index (χ3v) is 11.1. The second-order valence-corrected chi connectivity index (χ2v) is 12.5. The summed E-state index contributed by atoms with van der Waals surface area (Å²) in [7, 11) is 0. The molecule has 30 heavy (non-hydrogen) atoms. The van der Waals surface area contributed by atoms with Crippen molar-refractivity contribution in [2.24, 2.45) is 46.3 Å². The first-order valence-corrected chi connectivity index (χ1v) is 13.0. The minimum atomic E-state index is -1.58. The summed E-state index contributed by atoms with van der Waals surface area (Å²) in [5.74, 6) is 4.74. The van der Waals surface area contributed by atoms with Crippen LogP contribution in [0.1, 0.15) is 105 Å². The molecule has 0 aromatic rings. The van der Waals surface area contributed by atoms with E-state index in [1.54, 1.807) is 0 Å².